The molecule has 1 amide bonds. The molecule has 74 valence electrons. The molecule has 0 bridgehead atoms. The molecule has 0 unspecified atom stereocenters. The number of hydrogen-bond acceptors (Lipinski definition) is 2. The van der Waals surface area contributed by atoms with E-state index in [0.717, 1.165) is 0 Å². The third kappa shape index (κ3) is 2.69. The molecule has 1 saturated heterocycles. The Morgan fingerprint density at radius 1 is 1.38 bits per heavy atom. The zero-order valence-electron chi connectivity index (χ0n) is 7.75. The lowest BCUT2D eigenvalue weighted by Gasteiger charge is -2.30. The molecule has 0 atom stereocenters. The summed E-state index contributed by atoms with van der Waals surface area (Å²) in [5.41, 5.74) is 0. The molecule has 1 aliphatic heterocycles. The van der Waals surface area contributed by atoms with Crippen molar-refractivity contribution in [1.29, 1.82) is 0 Å². The van der Waals surface area contributed by atoms with Gasteiger partial charge in [-0.1, -0.05) is 6.92 Å². The fraction of sp³-hybridized carbons (Fsp3) is 0.778. The Morgan fingerprint density at radius 3 is 2.31 bits per heavy atom. The first kappa shape index (κ1) is 10.5. The van der Waals surface area contributed by atoms with E-state index < -0.39 is 0 Å². The normalized spacial score (nSPS) is 18.8. The van der Waals surface area contributed by atoms with Gasteiger partial charge < -0.3 is 4.90 Å². The Hall–Kier alpha value is -0.570. The van der Waals surface area contributed by atoms with Crippen LogP contribution in [0.1, 0.15) is 26.2 Å². The number of carbonyl (C=O) groups excluding carboxylic acids is 2. The summed E-state index contributed by atoms with van der Waals surface area (Å²) in [6.45, 7) is 3.20. The molecular weight excluding hydrogens is 190 g/mol. The van der Waals surface area contributed by atoms with Gasteiger partial charge in [-0.25, -0.2) is 0 Å². The molecule has 0 radical (unpaired) electrons. The maximum Gasteiger partial charge on any atom is 0.224 e. The predicted molar refractivity (Wildman–Crippen MR) is 50.5 cm³/mol. The Kier molecular flexibility index (Phi) is 3.72. The lowest BCUT2D eigenvalue weighted by Crippen LogP contribution is -2.39. The van der Waals surface area contributed by atoms with Gasteiger partial charge in [-0.05, 0) is 24.4 Å². The molecule has 0 aromatic rings. The summed E-state index contributed by atoms with van der Waals surface area (Å²) in [7, 11) is 0. The molecule has 0 N–H and O–H groups in total. The largest absolute Gasteiger partial charge is 0.343 e. The number of hydrogen-bond donors (Lipinski definition) is 0. The third-order valence-corrected chi connectivity index (χ3v) is 2.78. The molecule has 1 fully saturated rings. The van der Waals surface area contributed by atoms with Crippen molar-refractivity contribution < 1.29 is 9.59 Å². The van der Waals surface area contributed by atoms with E-state index in [9.17, 15) is 9.59 Å². The van der Waals surface area contributed by atoms with Gasteiger partial charge in [0.2, 0.25) is 11.1 Å². The van der Waals surface area contributed by atoms with Crippen LogP contribution in [0.15, 0.2) is 0 Å². The standard InChI is InChI=1S/C9H14ClNO2/c1-2-8(12)11-5-3-7(4-6-11)9(10)13/h7H,2-6H2,1H3. The number of amides is 1. The average molecular weight is 204 g/mol. The van der Waals surface area contributed by atoms with Crippen LogP contribution in [0.25, 0.3) is 0 Å². The third-order valence-electron chi connectivity index (χ3n) is 2.47. The average Bonchev–Trinajstić information content (AvgIpc) is 2.17. The van der Waals surface area contributed by atoms with Crippen LogP contribution >= 0.6 is 11.6 Å². The first-order valence-electron chi connectivity index (χ1n) is 4.62. The number of likely N-dealkylation sites (tertiary alicyclic amines) is 1. The number of carbonyl (C=O) groups is 2. The van der Waals surface area contributed by atoms with Crippen molar-refractivity contribution in [2.75, 3.05) is 13.1 Å². The van der Waals surface area contributed by atoms with Crippen LogP contribution in [-0.2, 0) is 9.59 Å². The molecule has 0 aromatic carbocycles. The monoisotopic (exact) mass is 203 g/mol. The minimum Gasteiger partial charge on any atom is -0.343 e. The molecule has 0 aromatic heterocycles. The van der Waals surface area contributed by atoms with E-state index in [1.54, 1.807) is 4.90 Å². The van der Waals surface area contributed by atoms with Crippen LogP contribution in [0.3, 0.4) is 0 Å². The van der Waals surface area contributed by atoms with Crippen molar-refractivity contribution in [3.63, 3.8) is 0 Å². The summed E-state index contributed by atoms with van der Waals surface area (Å²) in [6, 6.07) is 0. The maximum absolute atomic E-state index is 11.3. The predicted octanol–water partition coefficient (Wildman–Crippen LogP) is 1.40. The highest BCUT2D eigenvalue weighted by atomic mass is 35.5. The van der Waals surface area contributed by atoms with Crippen LogP contribution in [0.5, 0.6) is 0 Å². The van der Waals surface area contributed by atoms with E-state index in [1.807, 2.05) is 6.92 Å². The fourth-order valence-electron chi connectivity index (χ4n) is 1.58. The Bertz CT molecular complexity index is 210. The Morgan fingerprint density at radius 2 is 1.92 bits per heavy atom. The van der Waals surface area contributed by atoms with Gasteiger partial charge in [-0.3, -0.25) is 9.59 Å². The van der Waals surface area contributed by atoms with Crippen molar-refractivity contribution in [3.8, 4) is 0 Å². The van der Waals surface area contributed by atoms with E-state index in [4.69, 9.17) is 11.6 Å². The minimum absolute atomic E-state index is 0.0393. The molecular formula is C9H14ClNO2. The zero-order valence-corrected chi connectivity index (χ0v) is 8.51. The van der Waals surface area contributed by atoms with Gasteiger partial charge in [-0.15, -0.1) is 0 Å². The van der Waals surface area contributed by atoms with Gasteiger partial charge in [0, 0.05) is 25.4 Å². The van der Waals surface area contributed by atoms with Crippen molar-refractivity contribution in [3.05, 3.63) is 0 Å². The summed E-state index contributed by atoms with van der Waals surface area (Å²) < 4.78 is 0. The lowest BCUT2D eigenvalue weighted by molar-refractivity contribution is -0.133. The molecule has 0 saturated carbocycles. The molecule has 4 heteroatoms. The fourth-order valence-corrected chi connectivity index (χ4v) is 1.80. The Balaban J connectivity index is 2.39. The van der Waals surface area contributed by atoms with Crippen molar-refractivity contribution in [2.24, 2.45) is 5.92 Å². The molecule has 3 nitrogen and oxygen atoms in total. The van der Waals surface area contributed by atoms with Gasteiger partial charge in [0.05, 0.1) is 0 Å². The Labute approximate surface area is 83.0 Å². The van der Waals surface area contributed by atoms with E-state index in [-0.39, 0.29) is 17.1 Å². The molecule has 1 heterocycles. The minimum atomic E-state index is -0.261. The first-order chi connectivity index (χ1) is 6.15. The van der Waals surface area contributed by atoms with Crippen LogP contribution in [-0.4, -0.2) is 29.1 Å². The number of rotatable bonds is 2. The molecule has 1 rings (SSSR count). The van der Waals surface area contributed by atoms with Gasteiger partial charge in [-0.2, -0.15) is 0 Å². The lowest BCUT2D eigenvalue weighted by atomic mass is 9.98. The van der Waals surface area contributed by atoms with Crippen molar-refractivity contribution in [2.45, 2.75) is 26.2 Å². The summed E-state index contributed by atoms with van der Waals surface area (Å²) in [4.78, 5) is 23.9. The summed E-state index contributed by atoms with van der Waals surface area (Å²) in [5, 5.41) is -0.261. The molecule has 0 aliphatic carbocycles. The van der Waals surface area contributed by atoms with Gasteiger partial charge in [0.15, 0.2) is 0 Å². The molecule has 1 aliphatic rings. The van der Waals surface area contributed by atoms with E-state index in [0.29, 0.717) is 32.4 Å². The van der Waals surface area contributed by atoms with Gasteiger partial charge in [0.25, 0.3) is 0 Å². The van der Waals surface area contributed by atoms with Crippen LogP contribution < -0.4 is 0 Å². The summed E-state index contributed by atoms with van der Waals surface area (Å²) >= 11 is 5.38. The second kappa shape index (κ2) is 4.61. The number of piperidine rings is 1. The summed E-state index contributed by atoms with van der Waals surface area (Å²) in [5.74, 6) is 0.128. The van der Waals surface area contributed by atoms with Crippen LogP contribution in [0.4, 0.5) is 0 Å². The highest BCUT2D eigenvalue weighted by Crippen LogP contribution is 2.19. The van der Waals surface area contributed by atoms with Crippen LogP contribution in [0.2, 0.25) is 0 Å². The first-order valence-corrected chi connectivity index (χ1v) is 5.00. The van der Waals surface area contributed by atoms with E-state index in [2.05, 4.69) is 0 Å². The second-order valence-electron chi connectivity index (χ2n) is 3.31. The number of nitrogens with zero attached hydrogens (tertiary/aromatic N) is 1. The number of halogens is 1. The van der Waals surface area contributed by atoms with Crippen molar-refractivity contribution in [1.82, 2.24) is 4.90 Å². The maximum atomic E-state index is 11.3. The molecule has 0 spiro atoms. The highest BCUT2D eigenvalue weighted by Gasteiger charge is 2.25. The van der Waals surface area contributed by atoms with E-state index >= 15 is 0 Å². The molecule has 13 heavy (non-hydrogen) atoms. The van der Waals surface area contributed by atoms with E-state index in [1.165, 1.54) is 0 Å². The van der Waals surface area contributed by atoms with Gasteiger partial charge in [0.1, 0.15) is 0 Å². The van der Waals surface area contributed by atoms with Crippen molar-refractivity contribution >= 4 is 22.8 Å². The SMILES string of the molecule is CCC(=O)N1CCC(C(=O)Cl)CC1. The summed E-state index contributed by atoms with van der Waals surface area (Å²) in [6.07, 6.45) is 1.97. The topological polar surface area (TPSA) is 37.4 Å². The van der Waals surface area contributed by atoms with Gasteiger partial charge >= 0.3 is 0 Å². The quantitative estimate of drug-likeness (QED) is 0.637. The zero-order chi connectivity index (χ0) is 9.84. The second-order valence-corrected chi connectivity index (χ2v) is 3.69. The van der Waals surface area contributed by atoms with Crippen LogP contribution in [0, 0.1) is 5.92 Å². The highest BCUT2D eigenvalue weighted by molar-refractivity contribution is 6.63. The smallest absolute Gasteiger partial charge is 0.224 e.